The molecular weight excluding hydrogens is 258 g/mol. The summed E-state index contributed by atoms with van der Waals surface area (Å²) in [6.45, 7) is 2.10. The van der Waals surface area contributed by atoms with Crippen molar-refractivity contribution in [2.75, 3.05) is 6.26 Å². The Labute approximate surface area is 116 Å². The number of aromatic nitrogens is 3. The lowest BCUT2D eigenvalue weighted by atomic mass is 10.0. The summed E-state index contributed by atoms with van der Waals surface area (Å²) in [5.41, 5.74) is 2.73. The van der Waals surface area contributed by atoms with Crippen LogP contribution in [-0.2, 0) is 12.8 Å². The van der Waals surface area contributed by atoms with Crippen molar-refractivity contribution in [3.63, 3.8) is 0 Å². The van der Waals surface area contributed by atoms with Gasteiger partial charge in [-0.25, -0.2) is 4.98 Å². The molecule has 0 aliphatic heterocycles. The highest BCUT2D eigenvalue weighted by Gasteiger charge is 2.11. The lowest BCUT2D eigenvalue weighted by molar-refractivity contribution is 0.789. The van der Waals surface area contributed by atoms with Crippen molar-refractivity contribution in [3.8, 4) is 0 Å². The van der Waals surface area contributed by atoms with E-state index in [0.29, 0.717) is 11.6 Å². The summed E-state index contributed by atoms with van der Waals surface area (Å²) < 4.78 is 0. The third-order valence-corrected chi connectivity index (χ3v) is 3.47. The largest absolute Gasteiger partial charge is 0.301 e. The Hall–Kier alpha value is -1.62. The molecule has 2 rings (SSSR count). The topological polar surface area (TPSA) is 58.6 Å². The van der Waals surface area contributed by atoms with Crippen molar-refractivity contribution in [2.45, 2.75) is 31.3 Å². The zero-order valence-corrected chi connectivity index (χ0v) is 12.0. The number of aromatic amines is 1. The Morgan fingerprint density at radius 1 is 1.32 bits per heavy atom. The molecule has 0 aliphatic carbocycles. The third-order valence-electron chi connectivity index (χ3n) is 2.89. The molecule has 0 unspecified atom stereocenters. The van der Waals surface area contributed by atoms with Crippen LogP contribution in [-0.4, -0.2) is 21.2 Å². The van der Waals surface area contributed by atoms with Gasteiger partial charge in [0.15, 0.2) is 5.16 Å². The maximum Gasteiger partial charge on any atom is 0.255 e. The Kier molecular flexibility index (Phi) is 4.74. The van der Waals surface area contributed by atoms with Crippen LogP contribution >= 0.6 is 11.8 Å². The SMILES string of the molecule is CCCc1nc(SC)[nH]c(=O)c1Cc1ccncc1. The lowest BCUT2D eigenvalue weighted by Gasteiger charge is -2.08. The first-order chi connectivity index (χ1) is 9.24. The first-order valence-corrected chi connectivity index (χ1v) is 7.52. The number of nitrogens with zero attached hydrogens (tertiary/aromatic N) is 2. The number of aryl methyl sites for hydroxylation is 1. The highest BCUT2D eigenvalue weighted by atomic mass is 32.2. The van der Waals surface area contributed by atoms with Crippen LogP contribution in [0.2, 0.25) is 0 Å². The molecule has 0 radical (unpaired) electrons. The fraction of sp³-hybridized carbons (Fsp3) is 0.357. The summed E-state index contributed by atoms with van der Waals surface area (Å²) in [6.07, 6.45) is 7.82. The Bertz CT molecular complexity index is 595. The van der Waals surface area contributed by atoms with Gasteiger partial charge in [0.05, 0.1) is 5.69 Å². The van der Waals surface area contributed by atoms with Gasteiger partial charge in [0.25, 0.3) is 5.56 Å². The highest BCUT2D eigenvalue weighted by molar-refractivity contribution is 7.98. The van der Waals surface area contributed by atoms with Crippen LogP contribution in [0.3, 0.4) is 0 Å². The van der Waals surface area contributed by atoms with Crippen molar-refractivity contribution < 1.29 is 0 Å². The number of rotatable bonds is 5. The fourth-order valence-corrected chi connectivity index (χ4v) is 2.35. The molecule has 2 aromatic rings. The smallest absolute Gasteiger partial charge is 0.255 e. The van der Waals surface area contributed by atoms with Crippen LogP contribution < -0.4 is 5.56 Å². The second kappa shape index (κ2) is 6.52. The van der Waals surface area contributed by atoms with Crippen LogP contribution in [0.25, 0.3) is 0 Å². The molecule has 0 amide bonds. The molecule has 4 nitrogen and oxygen atoms in total. The summed E-state index contributed by atoms with van der Waals surface area (Å²) in [6, 6.07) is 3.86. The molecule has 0 atom stereocenters. The van der Waals surface area contributed by atoms with Crippen molar-refractivity contribution in [1.29, 1.82) is 0 Å². The first-order valence-electron chi connectivity index (χ1n) is 6.29. The van der Waals surface area contributed by atoms with Gasteiger partial charge in [-0.05, 0) is 30.4 Å². The fourth-order valence-electron chi connectivity index (χ4n) is 1.95. The Balaban J connectivity index is 2.40. The summed E-state index contributed by atoms with van der Waals surface area (Å²) >= 11 is 1.46. The van der Waals surface area contributed by atoms with Gasteiger partial charge in [-0.15, -0.1) is 0 Å². The molecule has 2 aromatic heterocycles. The molecule has 19 heavy (non-hydrogen) atoms. The highest BCUT2D eigenvalue weighted by Crippen LogP contribution is 2.13. The van der Waals surface area contributed by atoms with E-state index in [1.165, 1.54) is 11.8 Å². The summed E-state index contributed by atoms with van der Waals surface area (Å²) in [4.78, 5) is 23.5. The Morgan fingerprint density at radius 3 is 2.68 bits per heavy atom. The van der Waals surface area contributed by atoms with E-state index in [4.69, 9.17) is 0 Å². The van der Waals surface area contributed by atoms with Crippen LogP contribution in [0.15, 0.2) is 34.5 Å². The Morgan fingerprint density at radius 2 is 2.05 bits per heavy atom. The maximum atomic E-state index is 12.2. The summed E-state index contributed by atoms with van der Waals surface area (Å²) in [5, 5.41) is 0.687. The minimum atomic E-state index is -0.0281. The number of pyridine rings is 1. The van der Waals surface area contributed by atoms with Gasteiger partial charge in [0.2, 0.25) is 0 Å². The third kappa shape index (κ3) is 3.44. The van der Waals surface area contributed by atoms with Crippen LogP contribution in [0.1, 0.15) is 30.2 Å². The van der Waals surface area contributed by atoms with Gasteiger partial charge >= 0.3 is 0 Å². The van der Waals surface area contributed by atoms with Gasteiger partial charge in [-0.1, -0.05) is 25.1 Å². The van der Waals surface area contributed by atoms with Crippen molar-refractivity contribution in [1.82, 2.24) is 15.0 Å². The molecule has 0 fully saturated rings. The molecule has 100 valence electrons. The van der Waals surface area contributed by atoms with E-state index in [2.05, 4.69) is 21.9 Å². The van der Waals surface area contributed by atoms with Gasteiger partial charge in [0, 0.05) is 24.4 Å². The van der Waals surface area contributed by atoms with Crippen LogP contribution in [0.4, 0.5) is 0 Å². The predicted octanol–water partition coefficient (Wildman–Crippen LogP) is 2.43. The second-order valence-corrected chi connectivity index (χ2v) is 5.08. The molecule has 5 heteroatoms. The molecule has 0 saturated carbocycles. The van der Waals surface area contributed by atoms with Gasteiger partial charge in [-0.3, -0.25) is 9.78 Å². The van der Waals surface area contributed by atoms with Gasteiger partial charge in [0.1, 0.15) is 0 Å². The average Bonchev–Trinajstić information content (AvgIpc) is 2.43. The molecule has 0 spiro atoms. The molecule has 2 heterocycles. The number of hydrogen-bond donors (Lipinski definition) is 1. The van der Waals surface area contributed by atoms with E-state index >= 15 is 0 Å². The molecule has 0 saturated heterocycles. The lowest BCUT2D eigenvalue weighted by Crippen LogP contribution is -2.19. The average molecular weight is 275 g/mol. The van der Waals surface area contributed by atoms with E-state index in [1.54, 1.807) is 12.4 Å². The minimum absolute atomic E-state index is 0.0281. The number of nitrogens with one attached hydrogen (secondary N) is 1. The quantitative estimate of drug-likeness (QED) is 0.672. The van der Waals surface area contributed by atoms with Crippen LogP contribution in [0, 0.1) is 0 Å². The first kappa shape index (κ1) is 13.8. The van der Waals surface area contributed by atoms with Crippen molar-refractivity contribution in [3.05, 3.63) is 51.7 Å². The summed E-state index contributed by atoms with van der Waals surface area (Å²) in [7, 11) is 0. The second-order valence-electron chi connectivity index (χ2n) is 4.28. The molecule has 1 N–H and O–H groups in total. The van der Waals surface area contributed by atoms with Crippen LogP contribution in [0.5, 0.6) is 0 Å². The summed E-state index contributed by atoms with van der Waals surface area (Å²) in [5.74, 6) is 0. The van der Waals surface area contributed by atoms with Gasteiger partial charge < -0.3 is 4.98 Å². The van der Waals surface area contributed by atoms with E-state index in [0.717, 1.165) is 29.7 Å². The standard InChI is InChI=1S/C14H17N3OS/c1-3-4-12-11(9-10-5-7-15-8-6-10)13(18)17-14(16-12)19-2/h5-8H,3-4,9H2,1-2H3,(H,16,17,18). The number of H-pyrrole nitrogens is 1. The monoisotopic (exact) mass is 275 g/mol. The maximum absolute atomic E-state index is 12.2. The number of hydrogen-bond acceptors (Lipinski definition) is 4. The normalized spacial score (nSPS) is 10.6. The van der Waals surface area contributed by atoms with E-state index in [9.17, 15) is 4.79 Å². The molecule has 0 bridgehead atoms. The van der Waals surface area contributed by atoms with E-state index in [1.807, 2.05) is 18.4 Å². The van der Waals surface area contributed by atoms with Crippen molar-refractivity contribution >= 4 is 11.8 Å². The molecule has 0 aliphatic rings. The predicted molar refractivity (Wildman–Crippen MR) is 77.7 cm³/mol. The number of thioether (sulfide) groups is 1. The zero-order chi connectivity index (χ0) is 13.7. The molecular formula is C14H17N3OS. The van der Waals surface area contributed by atoms with Gasteiger partial charge in [-0.2, -0.15) is 0 Å². The zero-order valence-electron chi connectivity index (χ0n) is 11.1. The van der Waals surface area contributed by atoms with E-state index < -0.39 is 0 Å². The molecule has 0 aromatic carbocycles. The van der Waals surface area contributed by atoms with E-state index in [-0.39, 0.29) is 5.56 Å². The minimum Gasteiger partial charge on any atom is -0.301 e. The van der Waals surface area contributed by atoms with Crippen molar-refractivity contribution in [2.24, 2.45) is 0 Å².